The van der Waals surface area contributed by atoms with Gasteiger partial charge in [-0.05, 0) is 0 Å². The number of aromatic nitrogens is 1. The largest absolute Gasteiger partial charge is 0.481 e. The first-order chi connectivity index (χ1) is 8.12. The van der Waals surface area contributed by atoms with Crippen LogP contribution in [0.4, 0.5) is 11.5 Å². The molecular weight excluding hydrogens is 230 g/mol. The Morgan fingerprint density at radius 1 is 1.53 bits per heavy atom. The van der Waals surface area contributed by atoms with E-state index in [0.29, 0.717) is 0 Å². The summed E-state index contributed by atoms with van der Waals surface area (Å²) in [5, 5.41) is 31.1. The molecule has 0 spiro atoms. The van der Waals surface area contributed by atoms with E-state index in [1.165, 1.54) is 19.2 Å². The zero-order valence-electron chi connectivity index (χ0n) is 9.16. The fraction of sp³-hybridized carbons (Fsp3) is 0.444. The van der Waals surface area contributed by atoms with E-state index in [9.17, 15) is 10.1 Å². The number of aliphatic hydroxyl groups excluding tert-OH is 2. The third-order valence-corrected chi connectivity index (χ3v) is 2.04. The van der Waals surface area contributed by atoms with Gasteiger partial charge in [0.2, 0.25) is 11.7 Å². The van der Waals surface area contributed by atoms with Crippen LogP contribution in [0.2, 0.25) is 0 Å². The predicted molar refractivity (Wildman–Crippen MR) is 59.0 cm³/mol. The molecule has 0 bridgehead atoms. The Bertz CT molecular complexity index is 394. The molecule has 1 rings (SSSR count). The van der Waals surface area contributed by atoms with Gasteiger partial charge in [-0.25, -0.2) is 0 Å². The lowest BCUT2D eigenvalue weighted by Gasteiger charge is -2.14. The smallest absolute Gasteiger partial charge is 0.311 e. The molecule has 0 aliphatic heterocycles. The van der Waals surface area contributed by atoms with Crippen molar-refractivity contribution in [3.05, 3.63) is 22.2 Å². The Morgan fingerprint density at radius 2 is 2.18 bits per heavy atom. The van der Waals surface area contributed by atoms with Crippen LogP contribution in [0, 0.1) is 10.1 Å². The molecule has 0 radical (unpaired) electrons. The number of hydrogen-bond acceptors (Lipinski definition) is 7. The van der Waals surface area contributed by atoms with Gasteiger partial charge >= 0.3 is 5.69 Å². The summed E-state index contributed by atoms with van der Waals surface area (Å²) in [6.45, 7) is -0.737. The molecule has 0 fully saturated rings. The highest BCUT2D eigenvalue weighted by Gasteiger charge is 2.19. The van der Waals surface area contributed by atoms with Crippen molar-refractivity contribution in [3.8, 4) is 5.88 Å². The van der Waals surface area contributed by atoms with Crippen molar-refractivity contribution in [1.29, 1.82) is 0 Å². The number of nitrogens with zero attached hydrogens (tertiary/aromatic N) is 2. The molecular formula is C9H13N3O5. The van der Waals surface area contributed by atoms with Crippen LogP contribution in [0.3, 0.4) is 0 Å². The lowest BCUT2D eigenvalue weighted by atomic mass is 10.3. The molecule has 0 aromatic carbocycles. The van der Waals surface area contributed by atoms with Crippen LogP contribution in [0.25, 0.3) is 0 Å². The zero-order valence-corrected chi connectivity index (χ0v) is 9.16. The number of pyridine rings is 1. The molecule has 8 nitrogen and oxygen atoms in total. The first-order valence-corrected chi connectivity index (χ1v) is 4.80. The van der Waals surface area contributed by atoms with E-state index in [1.54, 1.807) is 0 Å². The molecule has 3 N–H and O–H groups in total. The van der Waals surface area contributed by atoms with E-state index in [-0.39, 0.29) is 30.6 Å². The van der Waals surface area contributed by atoms with Crippen LogP contribution in [0.15, 0.2) is 12.1 Å². The van der Waals surface area contributed by atoms with Gasteiger partial charge in [0.15, 0.2) is 0 Å². The van der Waals surface area contributed by atoms with Gasteiger partial charge in [-0.15, -0.1) is 0 Å². The van der Waals surface area contributed by atoms with Crippen molar-refractivity contribution in [2.24, 2.45) is 0 Å². The van der Waals surface area contributed by atoms with E-state index in [0.717, 1.165) is 0 Å². The van der Waals surface area contributed by atoms with Gasteiger partial charge in [-0.3, -0.25) is 10.1 Å². The maximum Gasteiger partial charge on any atom is 0.311 e. The Morgan fingerprint density at radius 3 is 2.65 bits per heavy atom. The van der Waals surface area contributed by atoms with Crippen LogP contribution in [0.5, 0.6) is 5.88 Å². The minimum Gasteiger partial charge on any atom is -0.481 e. The molecule has 0 atom stereocenters. The minimum atomic E-state index is -0.715. The molecule has 0 amide bonds. The van der Waals surface area contributed by atoms with Gasteiger partial charge < -0.3 is 20.3 Å². The fourth-order valence-electron chi connectivity index (χ4n) is 1.14. The second-order valence-corrected chi connectivity index (χ2v) is 3.18. The topological polar surface area (TPSA) is 118 Å². The first-order valence-electron chi connectivity index (χ1n) is 4.80. The van der Waals surface area contributed by atoms with Gasteiger partial charge in [-0.2, -0.15) is 4.98 Å². The quantitative estimate of drug-likeness (QED) is 0.466. The Hall–Kier alpha value is -1.93. The highest BCUT2D eigenvalue weighted by molar-refractivity contribution is 5.57. The molecule has 8 heteroatoms. The average Bonchev–Trinajstić information content (AvgIpc) is 2.35. The number of nitro groups is 1. The molecule has 1 aromatic rings. The number of nitrogens with one attached hydrogen (secondary N) is 1. The average molecular weight is 243 g/mol. The third-order valence-electron chi connectivity index (χ3n) is 2.04. The summed E-state index contributed by atoms with van der Waals surface area (Å²) in [5.74, 6) is 0.148. The van der Waals surface area contributed by atoms with Gasteiger partial charge in [0.25, 0.3) is 0 Å². The minimum absolute atomic E-state index is 0.0533. The molecule has 17 heavy (non-hydrogen) atoms. The van der Waals surface area contributed by atoms with E-state index in [4.69, 9.17) is 14.9 Å². The normalized spacial score (nSPS) is 10.4. The number of rotatable bonds is 6. The van der Waals surface area contributed by atoms with E-state index >= 15 is 0 Å². The summed E-state index contributed by atoms with van der Waals surface area (Å²) >= 11 is 0. The van der Waals surface area contributed by atoms with E-state index < -0.39 is 11.0 Å². The van der Waals surface area contributed by atoms with Gasteiger partial charge in [0.1, 0.15) is 0 Å². The number of anilines is 1. The lowest BCUT2D eigenvalue weighted by molar-refractivity contribution is -0.384. The summed E-state index contributed by atoms with van der Waals surface area (Å²) < 4.78 is 4.84. The number of aliphatic hydroxyl groups is 2. The highest BCUT2D eigenvalue weighted by Crippen LogP contribution is 2.25. The van der Waals surface area contributed by atoms with Crippen LogP contribution < -0.4 is 10.1 Å². The first kappa shape index (κ1) is 13.1. The van der Waals surface area contributed by atoms with Crippen molar-refractivity contribution in [2.75, 3.05) is 25.6 Å². The fourth-order valence-corrected chi connectivity index (χ4v) is 1.14. The number of hydrogen-bond donors (Lipinski definition) is 3. The van der Waals surface area contributed by atoms with Gasteiger partial charge in [-0.1, -0.05) is 0 Å². The molecule has 0 saturated heterocycles. The van der Waals surface area contributed by atoms with Crippen LogP contribution in [0.1, 0.15) is 0 Å². The third kappa shape index (κ3) is 3.26. The molecule has 1 aromatic heterocycles. The van der Waals surface area contributed by atoms with E-state index in [2.05, 4.69) is 10.3 Å². The van der Waals surface area contributed by atoms with Crippen molar-refractivity contribution in [3.63, 3.8) is 0 Å². The SMILES string of the molecule is COc1ccc([N+](=O)[O-])c(NC(CO)CO)n1. The predicted octanol–water partition coefficient (Wildman–Crippen LogP) is -0.237. The second kappa shape index (κ2) is 5.97. The maximum absolute atomic E-state index is 10.7. The van der Waals surface area contributed by atoms with Crippen molar-refractivity contribution >= 4 is 11.5 Å². The van der Waals surface area contributed by atoms with Crippen LogP contribution >= 0.6 is 0 Å². The summed E-state index contributed by atoms with van der Waals surface area (Å²) in [5.41, 5.74) is -0.252. The van der Waals surface area contributed by atoms with Crippen molar-refractivity contribution < 1.29 is 19.9 Å². The second-order valence-electron chi connectivity index (χ2n) is 3.18. The summed E-state index contributed by atoms with van der Waals surface area (Å²) in [6, 6.07) is 1.88. The molecule has 0 unspecified atom stereocenters. The van der Waals surface area contributed by atoms with E-state index in [1.807, 2.05) is 0 Å². The molecule has 0 aliphatic carbocycles. The van der Waals surface area contributed by atoms with Crippen molar-refractivity contribution in [1.82, 2.24) is 4.98 Å². The highest BCUT2D eigenvalue weighted by atomic mass is 16.6. The summed E-state index contributed by atoms with van der Waals surface area (Å²) in [6.07, 6.45) is 0. The Kier molecular flexibility index (Phi) is 4.61. The number of ether oxygens (including phenoxy) is 1. The Balaban J connectivity index is 3.04. The maximum atomic E-state index is 10.7. The molecule has 94 valence electrons. The number of methoxy groups -OCH3 is 1. The van der Waals surface area contributed by atoms with Gasteiger partial charge in [0, 0.05) is 12.1 Å². The summed E-state index contributed by atoms with van der Waals surface area (Å²) in [4.78, 5) is 14.0. The van der Waals surface area contributed by atoms with Crippen molar-refractivity contribution in [2.45, 2.75) is 6.04 Å². The summed E-state index contributed by atoms with van der Waals surface area (Å²) in [7, 11) is 1.38. The molecule has 1 heterocycles. The zero-order chi connectivity index (χ0) is 12.8. The molecule has 0 saturated carbocycles. The van der Waals surface area contributed by atoms with Crippen LogP contribution in [-0.4, -0.2) is 46.5 Å². The van der Waals surface area contributed by atoms with Gasteiger partial charge in [0.05, 0.1) is 31.3 Å². The van der Waals surface area contributed by atoms with Crippen LogP contribution in [-0.2, 0) is 0 Å². The standard InChI is InChI=1S/C9H13N3O5/c1-17-8-3-2-7(12(15)16)9(11-8)10-6(4-13)5-14/h2-3,6,13-14H,4-5H2,1H3,(H,10,11). The molecule has 0 aliphatic rings. The Labute approximate surface area is 97.0 Å². The lowest BCUT2D eigenvalue weighted by Crippen LogP contribution is -2.28. The monoisotopic (exact) mass is 243 g/mol.